The fourth-order valence-corrected chi connectivity index (χ4v) is 2.45. The van der Waals surface area contributed by atoms with E-state index in [1.165, 1.54) is 24.0 Å². The van der Waals surface area contributed by atoms with E-state index in [9.17, 15) is 0 Å². The highest BCUT2D eigenvalue weighted by Crippen LogP contribution is 2.24. The van der Waals surface area contributed by atoms with Crippen LogP contribution in [0.5, 0.6) is 0 Å². The summed E-state index contributed by atoms with van der Waals surface area (Å²) in [6.07, 6.45) is 3.81. The fraction of sp³-hybridized carbons (Fsp3) is 0.667. The minimum Gasteiger partial charge on any atom is -0.381 e. The van der Waals surface area contributed by atoms with Crippen LogP contribution in [0.2, 0.25) is 0 Å². The maximum absolute atomic E-state index is 5.77. The molecule has 2 heteroatoms. The van der Waals surface area contributed by atoms with Gasteiger partial charge >= 0.3 is 0 Å². The predicted molar refractivity (Wildman–Crippen MR) is 85.2 cm³/mol. The Balaban J connectivity index is 1.85. The average Bonchev–Trinajstić information content (AvgIpc) is 3.21. The van der Waals surface area contributed by atoms with Gasteiger partial charge in [-0.05, 0) is 43.6 Å². The third-order valence-electron chi connectivity index (χ3n) is 3.81. The Kier molecular flexibility index (Phi) is 6.06. The molecule has 1 aromatic rings. The summed E-state index contributed by atoms with van der Waals surface area (Å²) in [5.74, 6) is 1.19. The Bertz CT molecular complexity index is 398. The molecule has 2 rings (SSSR count). The standard InChI is InChI=1S/C18H29NO/c1-14(2)13-20-10-9-17(12-19-18-7-8-18)16-6-4-5-15(3)11-16/h4-6,11,14,17-19H,7-10,12-13H2,1-3H3. The maximum atomic E-state index is 5.77. The van der Waals surface area contributed by atoms with E-state index in [1.54, 1.807) is 0 Å². The van der Waals surface area contributed by atoms with Gasteiger partial charge in [0.2, 0.25) is 0 Å². The molecule has 1 aliphatic carbocycles. The van der Waals surface area contributed by atoms with Crippen LogP contribution in [0, 0.1) is 12.8 Å². The van der Waals surface area contributed by atoms with Crippen molar-refractivity contribution in [3.63, 3.8) is 0 Å². The molecule has 0 spiro atoms. The Hall–Kier alpha value is -0.860. The number of hydrogen-bond donors (Lipinski definition) is 1. The van der Waals surface area contributed by atoms with Crippen molar-refractivity contribution in [1.29, 1.82) is 0 Å². The Morgan fingerprint density at radius 3 is 2.75 bits per heavy atom. The van der Waals surface area contributed by atoms with Crippen molar-refractivity contribution in [2.24, 2.45) is 5.92 Å². The molecule has 0 amide bonds. The molecule has 0 bridgehead atoms. The molecule has 2 nitrogen and oxygen atoms in total. The number of benzene rings is 1. The van der Waals surface area contributed by atoms with Crippen molar-refractivity contribution in [3.8, 4) is 0 Å². The molecule has 1 atom stereocenters. The second-order valence-corrected chi connectivity index (χ2v) is 6.55. The van der Waals surface area contributed by atoms with Crippen LogP contribution in [0.15, 0.2) is 24.3 Å². The summed E-state index contributed by atoms with van der Waals surface area (Å²) in [5, 5.41) is 3.67. The summed E-state index contributed by atoms with van der Waals surface area (Å²) in [7, 11) is 0. The second-order valence-electron chi connectivity index (χ2n) is 6.55. The van der Waals surface area contributed by atoms with Crippen molar-refractivity contribution >= 4 is 0 Å². The zero-order valence-corrected chi connectivity index (χ0v) is 13.2. The first kappa shape index (κ1) is 15.5. The summed E-state index contributed by atoms with van der Waals surface area (Å²) < 4.78 is 5.77. The highest BCUT2D eigenvalue weighted by molar-refractivity contribution is 5.25. The molecule has 0 radical (unpaired) electrons. The van der Waals surface area contributed by atoms with Crippen molar-refractivity contribution in [2.75, 3.05) is 19.8 Å². The summed E-state index contributed by atoms with van der Waals surface area (Å²) >= 11 is 0. The van der Waals surface area contributed by atoms with Crippen LogP contribution in [0.4, 0.5) is 0 Å². The molecule has 0 heterocycles. The van der Waals surface area contributed by atoms with E-state index in [-0.39, 0.29) is 0 Å². The summed E-state index contributed by atoms with van der Waals surface area (Å²) in [4.78, 5) is 0. The van der Waals surface area contributed by atoms with Gasteiger partial charge in [-0.25, -0.2) is 0 Å². The monoisotopic (exact) mass is 275 g/mol. The van der Waals surface area contributed by atoms with Crippen LogP contribution in [0.1, 0.15) is 50.2 Å². The molecule has 112 valence electrons. The van der Waals surface area contributed by atoms with Crippen LogP contribution in [0.25, 0.3) is 0 Å². The average molecular weight is 275 g/mol. The lowest BCUT2D eigenvalue weighted by atomic mass is 9.94. The van der Waals surface area contributed by atoms with Crippen LogP contribution >= 0.6 is 0 Å². The molecule has 0 aliphatic heterocycles. The number of nitrogens with one attached hydrogen (secondary N) is 1. The van der Waals surface area contributed by atoms with Crippen molar-refractivity contribution < 1.29 is 4.74 Å². The molecule has 20 heavy (non-hydrogen) atoms. The molecule has 0 saturated heterocycles. The quantitative estimate of drug-likeness (QED) is 0.690. The topological polar surface area (TPSA) is 21.3 Å². The van der Waals surface area contributed by atoms with Crippen molar-refractivity contribution in [3.05, 3.63) is 35.4 Å². The van der Waals surface area contributed by atoms with E-state index >= 15 is 0 Å². The molecule has 1 N–H and O–H groups in total. The Morgan fingerprint density at radius 1 is 1.30 bits per heavy atom. The van der Waals surface area contributed by atoms with E-state index in [0.717, 1.165) is 32.2 Å². The first-order valence-electron chi connectivity index (χ1n) is 8.03. The smallest absolute Gasteiger partial charge is 0.0488 e. The van der Waals surface area contributed by atoms with Gasteiger partial charge < -0.3 is 10.1 Å². The molecular weight excluding hydrogens is 246 g/mol. The molecule has 1 unspecified atom stereocenters. The molecule has 1 aliphatic rings. The van der Waals surface area contributed by atoms with Gasteiger partial charge in [0.05, 0.1) is 0 Å². The van der Waals surface area contributed by atoms with Crippen LogP contribution < -0.4 is 5.32 Å². The number of ether oxygens (including phenoxy) is 1. The number of aryl methyl sites for hydroxylation is 1. The Labute approximate surface area is 123 Å². The van der Waals surface area contributed by atoms with Gasteiger partial charge in [0, 0.05) is 25.8 Å². The fourth-order valence-electron chi connectivity index (χ4n) is 2.45. The van der Waals surface area contributed by atoms with Crippen molar-refractivity contribution in [2.45, 2.75) is 52.0 Å². The van der Waals surface area contributed by atoms with E-state index in [2.05, 4.69) is 50.4 Å². The second kappa shape index (κ2) is 7.80. The summed E-state index contributed by atoms with van der Waals surface area (Å²) in [6.45, 7) is 9.39. The summed E-state index contributed by atoms with van der Waals surface area (Å²) in [5.41, 5.74) is 2.80. The minimum absolute atomic E-state index is 0.572. The molecule has 1 aromatic carbocycles. The van der Waals surface area contributed by atoms with E-state index in [4.69, 9.17) is 4.74 Å². The normalized spacial score (nSPS) is 16.6. The molecule has 1 saturated carbocycles. The zero-order valence-electron chi connectivity index (χ0n) is 13.2. The van der Waals surface area contributed by atoms with Gasteiger partial charge in [0.25, 0.3) is 0 Å². The maximum Gasteiger partial charge on any atom is 0.0488 e. The minimum atomic E-state index is 0.572. The first-order valence-corrected chi connectivity index (χ1v) is 8.03. The lowest BCUT2D eigenvalue weighted by Crippen LogP contribution is -2.24. The summed E-state index contributed by atoms with van der Waals surface area (Å²) in [6, 6.07) is 9.70. The SMILES string of the molecule is Cc1cccc(C(CCOCC(C)C)CNC2CC2)c1. The lowest BCUT2D eigenvalue weighted by Gasteiger charge is -2.19. The number of rotatable bonds is 9. The van der Waals surface area contributed by atoms with Gasteiger partial charge in [-0.2, -0.15) is 0 Å². The van der Waals surface area contributed by atoms with Gasteiger partial charge in [-0.15, -0.1) is 0 Å². The predicted octanol–water partition coefficient (Wildman–Crippen LogP) is 3.89. The highest BCUT2D eigenvalue weighted by Gasteiger charge is 2.22. The van der Waals surface area contributed by atoms with Gasteiger partial charge in [-0.1, -0.05) is 43.7 Å². The van der Waals surface area contributed by atoms with E-state index < -0.39 is 0 Å². The molecular formula is C18H29NO. The molecule has 0 aromatic heterocycles. The third kappa shape index (κ3) is 5.64. The van der Waals surface area contributed by atoms with E-state index in [1.807, 2.05) is 0 Å². The van der Waals surface area contributed by atoms with Crippen LogP contribution in [-0.2, 0) is 4.74 Å². The highest BCUT2D eigenvalue weighted by atomic mass is 16.5. The number of hydrogen-bond acceptors (Lipinski definition) is 2. The third-order valence-corrected chi connectivity index (χ3v) is 3.81. The largest absolute Gasteiger partial charge is 0.381 e. The van der Waals surface area contributed by atoms with Crippen LogP contribution in [-0.4, -0.2) is 25.8 Å². The molecule has 1 fully saturated rings. The van der Waals surface area contributed by atoms with Gasteiger partial charge in [-0.3, -0.25) is 0 Å². The van der Waals surface area contributed by atoms with Crippen LogP contribution in [0.3, 0.4) is 0 Å². The van der Waals surface area contributed by atoms with Gasteiger partial charge in [0.1, 0.15) is 0 Å². The van der Waals surface area contributed by atoms with E-state index in [0.29, 0.717) is 11.8 Å². The van der Waals surface area contributed by atoms with Crippen molar-refractivity contribution in [1.82, 2.24) is 5.32 Å². The Morgan fingerprint density at radius 2 is 2.10 bits per heavy atom. The van der Waals surface area contributed by atoms with Gasteiger partial charge in [0.15, 0.2) is 0 Å². The zero-order chi connectivity index (χ0) is 14.4. The first-order chi connectivity index (χ1) is 9.65. The lowest BCUT2D eigenvalue weighted by molar-refractivity contribution is 0.103.